The third-order valence-corrected chi connectivity index (χ3v) is 0.349. The zero-order chi connectivity index (χ0) is 5.70. The Morgan fingerprint density at radius 2 is 2.43 bits per heavy atom. The number of carbonyl (C=O) groups excluding carboxylic acids is 1. The average Bonchev–Trinajstić information content (AvgIpc) is 1.61. The van der Waals surface area contributed by atoms with Gasteiger partial charge in [-0.3, -0.25) is 0 Å². The number of carbonyl (C=O) groups is 1. The molecule has 0 bridgehead atoms. The van der Waals surface area contributed by atoms with Gasteiger partial charge in [0.1, 0.15) is 0 Å². The first-order valence-electron chi connectivity index (χ1n) is 1.76. The fourth-order valence-electron chi connectivity index (χ4n) is 0.139. The highest BCUT2D eigenvalue weighted by atomic mass is 16.4. The Kier molecular flexibility index (Phi) is 2.76. The summed E-state index contributed by atoms with van der Waals surface area (Å²) in [5.41, 5.74) is 0. The molecule has 0 saturated carbocycles. The van der Waals surface area contributed by atoms with Gasteiger partial charge in [0.25, 0.3) is 0 Å². The summed E-state index contributed by atoms with van der Waals surface area (Å²) >= 11 is 0. The second kappa shape index (κ2) is 3.21. The Balaban J connectivity index is 2.97. The van der Waals surface area contributed by atoms with Gasteiger partial charge >= 0.3 is 6.09 Å². The summed E-state index contributed by atoms with van der Waals surface area (Å²) in [4.78, 5) is 9.43. The molecule has 0 saturated heterocycles. The van der Waals surface area contributed by atoms with Crippen LogP contribution in [0.5, 0.6) is 0 Å². The lowest BCUT2D eigenvalue weighted by Crippen LogP contribution is -2.09. The van der Waals surface area contributed by atoms with Gasteiger partial charge in [-0.15, -0.1) is 6.58 Å². The Hall–Kier alpha value is -0.990. The zero-order valence-electron chi connectivity index (χ0n) is 3.76. The van der Waals surface area contributed by atoms with Crippen molar-refractivity contribution in [1.82, 2.24) is 5.32 Å². The van der Waals surface area contributed by atoms with Crippen molar-refractivity contribution < 1.29 is 9.90 Å². The normalized spacial score (nSPS) is 7.43. The third kappa shape index (κ3) is 5.01. The van der Waals surface area contributed by atoms with Crippen LogP contribution in [-0.2, 0) is 5.11 Å². The van der Waals surface area contributed by atoms with E-state index in [1.807, 2.05) is 0 Å². The van der Waals surface area contributed by atoms with Gasteiger partial charge in [0.15, 0.2) is 0 Å². The molecule has 0 rings (SSSR count). The average molecular weight is 99.1 g/mol. The van der Waals surface area contributed by atoms with Gasteiger partial charge in [0.2, 0.25) is 0 Å². The quantitative estimate of drug-likeness (QED) is 0.460. The van der Waals surface area contributed by atoms with E-state index in [1.54, 1.807) is 0 Å². The van der Waals surface area contributed by atoms with Crippen molar-refractivity contribution in [3.8, 4) is 0 Å². The Morgan fingerprint density at radius 3 is 2.57 bits per heavy atom. The standard InChI is InChI=1S/C4H5NO2/c1-2-3-5-4(6)7/h2H,1,3H2. The minimum atomic E-state index is -1.39. The van der Waals surface area contributed by atoms with Crippen LogP contribution in [0.15, 0.2) is 12.7 Å². The Labute approximate surface area is 41.7 Å². The molecule has 38 valence electrons. The van der Waals surface area contributed by atoms with Crippen LogP contribution in [0.25, 0.3) is 0 Å². The van der Waals surface area contributed by atoms with Crippen molar-refractivity contribution >= 4 is 6.09 Å². The van der Waals surface area contributed by atoms with Crippen LogP contribution in [0.4, 0.5) is 4.79 Å². The van der Waals surface area contributed by atoms with Crippen LogP contribution in [0.2, 0.25) is 0 Å². The molecule has 0 aromatic rings. The zero-order valence-corrected chi connectivity index (χ0v) is 3.76. The molecule has 0 aromatic carbocycles. The van der Waals surface area contributed by atoms with Crippen molar-refractivity contribution in [3.63, 3.8) is 0 Å². The molecule has 7 heavy (non-hydrogen) atoms. The Bertz CT molecular complexity index is 79.8. The van der Waals surface area contributed by atoms with Crippen molar-refractivity contribution in [1.29, 1.82) is 0 Å². The fraction of sp³-hybridized carbons (Fsp3) is 0.250. The largest absolute Gasteiger partial charge is 0.471 e. The van der Waals surface area contributed by atoms with Gasteiger partial charge in [-0.1, -0.05) is 6.08 Å². The predicted octanol–water partition coefficient (Wildman–Crippen LogP) is 0.327. The molecule has 0 atom stereocenters. The van der Waals surface area contributed by atoms with Crippen LogP contribution in [-0.4, -0.2) is 12.6 Å². The highest BCUT2D eigenvalue weighted by Gasteiger charge is 1.92. The summed E-state index contributed by atoms with van der Waals surface area (Å²) < 4.78 is 0. The molecule has 0 aromatic heterocycles. The maximum absolute atomic E-state index is 9.43. The second-order valence-electron chi connectivity index (χ2n) is 0.895. The predicted molar refractivity (Wildman–Crippen MR) is 23.3 cm³/mol. The Morgan fingerprint density at radius 1 is 1.86 bits per heavy atom. The molecule has 2 radical (unpaired) electrons. The number of hydrogen-bond donors (Lipinski definition) is 0. The van der Waals surface area contributed by atoms with Crippen LogP contribution >= 0.6 is 0 Å². The first-order valence-corrected chi connectivity index (χ1v) is 1.76. The van der Waals surface area contributed by atoms with Crippen molar-refractivity contribution in [2.45, 2.75) is 0 Å². The molecule has 3 nitrogen and oxygen atoms in total. The third-order valence-electron chi connectivity index (χ3n) is 0.349. The summed E-state index contributed by atoms with van der Waals surface area (Å²) in [6.45, 7) is 3.38. The molecule has 3 heteroatoms. The van der Waals surface area contributed by atoms with Gasteiger partial charge in [0.05, 0.1) is 6.54 Å². The molecule has 0 aliphatic heterocycles. The topological polar surface area (TPSA) is 51.1 Å². The fourth-order valence-corrected chi connectivity index (χ4v) is 0.139. The van der Waals surface area contributed by atoms with Crippen molar-refractivity contribution in [2.75, 3.05) is 6.54 Å². The van der Waals surface area contributed by atoms with E-state index >= 15 is 0 Å². The van der Waals surface area contributed by atoms with E-state index in [9.17, 15) is 9.90 Å². The van der Waals surface area contributed by atoms with Crippen LogP contribution in [0.1, 0.15) is 0 Å². The van der Waals surface area contributed by atoms with Crippen LogP contribution in [0, 0.1) is 0 Å². The number of nitrogens with zero attached hydrogens (tertiary/aromatic N) is 1. The summed E-state index contributed by atoms with van der Waals surface area (Å²) in [7, 11) is 0. The van der Waals surface area contributed by atoms with E-state index in [0.29, 0.717) is 0 Å². The maximum Gasteiger partial charge on any atom is 0.471 e. The maximum atomic E-state index is 9.43. The smallest absolute Gasteiger partial charge is 0.218 e. The van der Waals surface area contributed by atoms with Gasteiger partial charge in [-0.05, 0) is 0 Å². The lowest BCUT2D eigenvalue weighted by atomic mass is 10.6. The minimum absolute atomic E-state index is 0.127. The molecule has 0 aliphatic rings. The van der Waals surface area contributed by atoms with Crippen molar-refractivity contribution in [2.24, 2.45) is 0 Å². The van der Waals surface area contributed by atoms with E-state index in [4.69, 9.17) is 0 Å². The van der Waals surface area contributed by atoms with Gasteiger partial charge in [0, 0.05) is 0 Å². The van der Waals surface area contributed by atoms with Gasteiger partial charge in [-0.25, -0.2) is 15.2 Å². The second-order valence-corrected chi connectivity index (χ2v) is 0.895. The molecule has 1 amide bonds. The summed E-state index contributed by atoms with van der Waals surface area (Å²) in [5.74, 6) is 0. The lowest BCUT2D eigenvalue weighted by molar-refractivity contribution is 0.169. The molecular formula is C4H5NO2. The molecule has 0 heterocycles. The number of amides is 1. The van der Waals surface area contributed by atoms with Crippen LogP contribution < -0.4 is 5.32 Å². The summed E-state index contributed by atoms with van der Waals surface area (Å²) in [6, 6.07) is 0. The van der Waals surface area contributed by atoms with Crippen molar-refractivity contribution in [3.05, 3.63) is 12.7 Å². The van der Waals surface area contributed by atoms with E-state index in [-0.39, 0.29) is 6.54 Å². The highest BCUT2D eigenvalue weighted by Crippen LogP contribution is 1.64. The van der Waals surface area contributed by atoms with Gasteiger partial charge in [-0.2, -0.15) is 0 Å². The highest BCUT2D eigenvalue weighted by molar-refractivity contribution is 5.63. The van der Waals surface area contributed by atoms with E-state index in [0.717, 1.165) is 0 Å². The summed E-state index contributed by atoms with van der Waals surface area (Å²) in [6.07, 6.45) is -0.00426. The minimum Gasteiger partial charge on any atom is -0.218 e. The summed E-state index contributed by atoms with van der Waals surface area (Å²) in [5, 5.41) is 12.4. The van der Waals surface area contributed by atoms with Gasteiger partial charge < -0.3 is 0 Å². The molecule has 0 N–H and O–H groups in total. The van der Waals surface area contributed by atoms with Crippen LogP contribution in [0.3, 0.4) is 0 Å². The SMILES string of the molecule is C=CC[N]C([O])=O. The van der Waals surface area contributed by atoms with E-state index in [2.05, 4.69) is 11.9 Å². The number of hydrogen-bond acceptors (Lipinski definition) is 1. The van der Waals surface area contributed by atoms with E-state index in [1.165, 1.54) is 6.08 Å². The molecule has 0 aliphatic carbocycles. The first kappa shape index (κ1) is 6.01. The molecular weight excluding hydrogens is 94.0 g/mol. The molecule has 0 spiro atoms. The van der Waals surface area contributed by atoms with E-state index < -0.39 is 6.09 Å². The molecule has 0 fully saturated rings. The molecule has 0 unspecified atom stereocenters. The number of rotatable bonds is 2. The monoisotopic (exact) mass is 99.0 g/mol. The first-order chi connectivity index (χ1) is 3.27. The lowest BCUT2D eigenvalue weighted by Gasteiger charge is -1.81.